The van der Waals surface area contributed by atoms with Crippen LogP contribution in [0.4, 0.5) is 13.2 Å². The minimum Gasteiger partial charge on any atom is -0.355 e. The molecule has 0 bridgehead atoms. The first kappa shape index (κ1) is 21.0. The van der Waals surface area contributed by atoms with Crippen molar-refractivity contribution in [2.75, 3.05) is 6.54 Å². The van der Waals surface area contributed by atoms with Gasteiger partial charge in [0.15, 0.2) is 0 Å². The topological polar surface area (TPSA) is 46.9 Å². The van der Waals surface area contributed by atoms with Gasteiger partial charge in [-0.2, -0.15) is 18.3 Å². The van der Waals surface area contributed by atoms with Crippen LogP contribution < -0.4 is 5.32 Å². The SMILES string of the molecule is Cc1nn(CC(C)C)c(C)c1CC(=O)NCCc1ccc(C(F)(F)F)cc1. The lowest BCUT2D eigenvalue weighted by Crippen LogP contribution is -2.27. The van der Waals surface area contributed by atoms with Crippen LogP contribution in [0, 0.1) is 19.8 Å². The maximum absolute atomic E-state index is 12.6. The maximum atomic E-state index is 12.6. The number of hydrogen-bond donors (Lipinski definition) is 1. The third kappa shape index (κ3) is 5.84. The fourth-order valence-corrected chi connectivity index (χ4v) is 2.94. The summed E-state index contributed by atoms with van der Waals surface area (Å²) < 4.78 is 39.6. The minimum atomic E-state index is -4.33. The molecule has 0 atom stereocenters. The van der Waals surface area contributed by atoms with Gasteiger partial charge in [-0.15, -0.1) is 0 Å². The number of halogens is 3. The number of alkyl halides is 3. The highest BCUT2D eigenvalue weighted by atomic mass is 19.4. The van der Waals surface area contributed by atoms with E-state index in [0.29, 0.717) is 18.9 Å². The van der Waals surface area contributed by atoms with E-state index >= 15 is 0 Å². The van der Waals surface area contributed by atoms with Crippen LogP contribution in [0.1, 0.15) is 41.9 Å². The lowest BCUT2D eigenvalue weighted by atomic mass is 10.1. The van der Waals surface area contributed by atoms with Crippen LogP contribution in [-0.2, 0) is 30.4 Å². The van der Waals surface area contributed by atoms with Crippen molar-refractivity contribution in [2.24, 2.45) is 5.92 Å². The number of hydrogen-bond acceptors (Lipinski definition) is 2. The Balaban J connectivity index is 1.87. The van der Waals surface area contributed by atoms with Gasteiger partial charge in [0.05, 0.1) is 17.7 Å². The molecule has 148 valence electrons. The van der Waals surface area contributed by atoms with Crippen molar-refractivity contribution in [3.63, 3.8) is 0 Å². The van der Waals surface area contributed by atoms with E-state index in [1.54, 1.807) is 0 Å². The summed E-state index contributed by atoms with van der Waals surface area (Å²) in [6, 6.07) is 5.01. The van der Waals surface area contributed by atoms with Gasteiger partial charge >= 0.3 is 6.18 Å². The van der Waals surface area contributed by atoms with E-state index in [2.05, 4.69) is 24.3 Å². The van der Waals surface area contributed by atoms with Gasteiger partial charge in [-0.1, -0.05) is 26.0 Å². The Kier molecular flexibility index (Phi) is 6.68. The molecule has 0 radical (unpaired) electrons. The van der Waals surface area contributed by atoms with Gasteiger partial charge in [-0.25, -0.2) is 0 Å². The molecule has 1 aromatic heterocycles. The molecule has 0 saturated carbocycles. The highest BCUT2D eigenvalue weighted by molar-refractivity contribution is 5.79. The number of rotatable bonds is 7. The number of nitrogens with zero attached hydrogens (tertiary/aromatic N) is 2. The third-order valence-electron chi connectivity index (χ3n) is 4.42. The summed E-state index contributed by atoms with van der Waals surface area (Å²) in [6.07, 6.45) is -3.60. The molecule has 0 spiro atoms. The summed E-state index contributed by atoms with van der Waals surface area (Å²) in [5, 5.41) is 7.33. The van der Waals surface area contributed by atoms with Crippen molar-refractivity contribution in [1.82, 2.24) is 15.1 Å². The van der Waals surface area contributed by atoms with Crippen LogP contribution in [-0.4, -0.2) is 22.2 Å². The number of carbonyl (C=O) groups is 1. The van der Waals surface area contributed by atoms with Crippen molar-refractivity contribution in [1.29, 1.82) is 0 Å². The first-order chi connectivity index (χ1) is 12.6. The van der Waals surface area contributed by atoms with Gasteiger partial charge in [0.25, 0.3) is 0 Å². The molecular weight excluding hydrogens is 355 g/mol. The van der Waals surface area contributed by atoms with E-state index in [0.717, 1.165) is 41.2 Å². The summed E-state index contributed by atoms with van der Waals surface area (Å²) in [4.78, 5) is 12.2. The quantitative estimate of drug-likeness (QED) is 0.786. The van der Waals surface area contributed by atoms with Gasteiger partial charge < -0.3 is 5.32 Å². The van der Waals surface area contributed by atoms with Crippen LogP contribution in [0.5, 0.6) is 0 Å². The second-order valence-corrected chi connectivity index (χ2v) is 7.20. The fraction of sp³-hybridized carbons (Fsp3) is 0.500. The predicted octanol–water partition coefficient (Wildman–Crippen LogP) is 4.08. The average molecular weight is 381 g/mol. The Morgan fingerprint density at radius 1 is 1.19 bits per heavy atom. The monoisotopic (exact) mass is 381 g/mol. The molecule has 1 aromatic carbocycles. The zero-order chi connectivity index (χ0) is 20.2. The molecule has 2 rings (SSSR count). The normalized spacial score (nSPS) is 11.9. The Bertz CT molecular complexity index is 777. The van der Waals surface area contributed by atoms with Crippen molar-refractivity contribution < 1.29 is 18.0 Å². The van der Waals surface area contributed by atoms with Crippen molar-refractivity contribution in [2.45, 2.75) is 53.3 Å². The summed E-state index contributed by atoms with van der Waals surface area (Å²) in [5.74, 6) is 0.352. The van der Waals surface area contributed by atoms with Crippen LogP contribution in [0.15, 0.2) is 24.3 Å². The molecule has 4 nitrogen and oxygen atoms in total. The molecule has 0 aliphatic rings. The highest BCUT2D eigenvalue weighted by Crippen LogP contribution is 2.29. The predicted molar refractivity (Wildman–Crippen MR) is 98.4 cm³/mol. The van der Waals surface area contributed by atoms with E-state index in [1.165, 1.54) is 12.1 Å². The minimum absolute atomic E-state index is 0.114. The standard InChI is InChI=1S/C20H26F3N3O/c1-13(2)12-26-15(4)18(14(3)25-26)11-19(27)24-10-9-16-5-7-17(8-6-16)20(21,22)23/h5-8,13H,9-12H2,1-4H3,(H,24,27). The molecule has 0 aliphatic heterocycles. The Morgan fingerprint density at radius 2 is 1.81 bits per heavy atom. The number of nitrogens with one attached hydrogen (secondary N) is 1. The summed E-state index contributed by atoms with van der Waals surface area (Å²) in [5.41, 5.74) is 2.87. The number of aromatic nitrogens is 2. The van der Waals surface area contributed by atoms with E-state index in [9.17, 15) is 18.0 Å². The molecule has 2 aromatic rings. The van der Waals surface area contributed by atoms with Crippen molar-refractivity contribution in [3.8, 4) is 0 Å². The van der Waals surface area contributed by atoms with Crippen LogP contribution in [0.3, 0.4) is 0 Å². The zero-order valence-corrected chi connectivity index (χ0v) is 16.2. The van der Waals surface area contributed by atoms with Gasteiger partial charge in [-0.3, -0.25) is 9.48 Å². The van der Waals surface area contributed by atoms with Gasteiger partial charge in [0.2, 0.25) is 5.91 Å². The molecule has 0 unspecified atom stereocenters. The summed E-state index contributed by atoms with van der Waals surface area (Å²) >= 11 is 0. The van der Waals surface area contributed by atoms with Crippen LogP contribution in [0.2, 0.25) is 0 Å². The number of benzene rings is 1. The highest BCUT2D eigenvalue weighted by Gasteiger charge is 2.29. The average Bonchev–Trinajstić information content (AvgIpc) is 2.81. The third-order valence-corrected chi connectivity index (χ3v) is 4.42. The molecule has 1 N–H and O–H groups in total. The van der Waals surface area contributed by atoms with E-state index in [1.807, 2.05) is 18.5 Å². The molecule has 0 aliphatic carbocycles. The Hall–Kier alpha value is -2.31. The molecule has 1 heterocycles. The van der Waals surface area contributed by atoms with E-state index < -0.39 is 11.7 Å². The fourth-order valence-electron chi connectivity index (χ4n) is 2.94. The second kappa shape index (κ2) is 8.59. The number of amides is 1. The summed E-state index contributed by atoms with van der Waals surface area (Å²) in [6.45, 7) is 9.28. The molecule has 27 heavy (non-hydrogen) atoms. The molecular formula is C20H26F3N3O. The van der Waals surface area contributed by atoms with Gasteiger partial charge in [-0.05, 0) is 43.9 Å². The maximum Gasteiger partial charge on any atom is 0.416 e. The number of carbonyl (C=O) groups excluding carboxylic acids is 1. The molecule has 1 amide bonds. The first-order valence-corrected chi connectivity index (χ1v) is 9.03. The summed E-state index contributed by atoms with van der Waals surface area (Å²) in [7, 11) is 0. The molecule has 0 saturated heterocycles. The van der Waals surface area contributed by atoms with Crippen molar-refractivity contribution in [3.05, 3.63) is 52.3 Å². The van der Waals surface area contributed by atoms with Crippen LogP contribution >= 0.6 is 0 Å². The molecule has 7 heteroatoms. The first-order valence-electron chi connectivity index (χ1n) is 9.03. The molecule has 0 fully saturated rings. The largest absolute Gasteiger partial charge is 0.416 e. The lowest BCUT2D eigenvalue weighted by molar-refractivity contribution is -0.137. The van der Waals surface area contributed by atoms with E-state index in [-0.39, 0.29) is 12.3 Å². The van der Waals surface area contributed by atoms with Crippen LogP contribution in [0.25, 0.3) is 0 Å². The second-order valence-electron chi connectivity index (χ2n) is 7.20. The Morgan fingerprint density at radius 3 is 2.37 bits per heavy atom. The zero-order valence-electron chi connectivity index (χ0n) is 16.2. The van der Waals surface area contributed by atoms with Gasteiger partial charge in [0, 0.05) is 24.3 Å². The smallest absolute Gasteiger partial charge is 0.355 e. The Labute approximate surface area is 157 Å². The van der Waals surface area contributed by atoms with E-state index in [4.69, 9.17) is 0 Å². The number of aryl methyl sites for hydroxylation is 1. The van der Waals surface area contributed by atoms with Crippen molar-refractivity contribution >= 4 is 5.91 Å². The lowest BCUT2D eigenvalue weighted by Gasteiger charge is -2.09. The van der Waals surface area contributed by atoms with Gasteiger partial charge in [0.1, 0.15) is 0 Å².